The van der Waals surface area contributed by atoms with Crippen molar-refractivity contribution in [2.24, 2.45) is 11.8 Å². The van der Waals surface area contributed by atoms with Gasteiger partial charge in [-0.25, -0.2) is 9.67 Å². The van der Waals surface area contributed by atoms with Crippen molar-refractivity contribution < 1.29 is 9.53 Å². The van der Waals surface area contributed by atoms with Gasteiger partial charge in [-0.05, 0) is 12.8 Å². The fraction of sp³-hybridized carbons (Fsp3) is 0.667. The Morgan fingerprint density at radius 3 is 2.89 bits per heavy atom. The van der Waals surface area contributed by atoms with Crippen LogP contribution in [0.25, 0.3) is 0 Å². The summed E-state index contributed by atoms with van der Waals surface area (Å²) < 4.78 is 6.58. The molecular formula is C12H18N4O2. The topological polar surface area (TPSA) is 80.8 Å². The van der Waals surface area contributed by atoms with E-state index in [1.165, 1.54) is 6.33 Å². The highest BCUT2D eigenvalue weighted by atomic mass is 16.5. The van der Waals surface area contributed by atoms with Gasteiger partial charge < -0.3 is 4.74 Å². The number of carbonyl (C=O) groups is 1. The molecular weight excluding hydrogens is 232 g/mol. The first-order valence-corrected chi connectivity index (χ1v) is 6.01. The van der Waals surface area contributed by atoms with Crippen molar-refractivity contribution in [2.45, 2.75) is 33.7 Å². The van der Waals surface area contributed by atoms with Gasteiger partial charge in [-0.2, -0.15) is 10.4 Å². The molecule has 6 nitrogen and oxygen atoms in total. The Morgan fingerprint density at radius 2 is 2.33 bits per heavy atom. The molecule has 18 heavy (non-hydrogen) atoms. The Balaban J connectivity index is 2.74. The summed E-state index contributed by atoms with van der Waals surface area (Å²) in [5.74, 6) is -0.254. The van der Waals surface area contributed by atoms with Crippen LogP contribution < -0.4 is 0 Å². The third-order valence-corrected chi connectivity index (χ3v) is 2.35. The summed E-state index contributed by atoms with van der Waals surface area (Å²) in [6, 6.07) is 1.95. The van der Waals surface area contributed by atoms with E-state index in [4.69, 9.17) is 10.00 Å². The second-order valence-corrected chi connectivity index (χ2v) is 4.39. The number of rotatable bonds is 6. The lowest BCUT2D eigenvalue weighted by Crippen LogP contribution is -2.21. The molecule has 98 valence electrons. The van der Waals surface area contributed by atoms with Gasteiger partial charge in [0.25, 0.3) is 0 Å². The monoisotopic (exact) mass is 250 g/mol. The lowest BCUT2D eigenvalue weighted by Gasteiger charge is -2.10. The van der Waals surface area contributed by atoms with Gasteiger partial charge in [-0.3, -0.25) is 4.79 Å². The van der Waals surface area contributed by atoms with E-state index < -0.39 is 11.9 Å². The quantitative estimate of drug-likeness (QED) is 0.708. The van der Waals surface area contributed by atoms with Gasteiger partial charge in [0, 0.05) is 13.0 Å². The molecule has 0 amide bonds. The summed E-state index contributed by atoms with van der Waals surface area (Å²) in [4.78, 5) is 15.6. The lowest BCUT2D eigenvalue weighted by molar-refractivity contribution is -0.146. The van der Waals surface area contributed by atoms with Gasteiger partial charge in [0.2, 0.25) is 0 Å². The van der Waals surface area contributed by atoms with E-state index in [1.807, 2.05) is 6.07 Å². The third-order valence-electron chi connectivity index (χ3n) is 2.35. The molecule has 0 bridgehead atoms. The molecule has 0 fully saturated rings. The summed E-state index contributed by atoms with van der Waals surface area (Å²) in [5.41, 5.74) is 0. The van der Waals surface area contributed by atoms with Crippen molar-refractivity contribution in [3.63, 3.8) is 0 Å². The second-order valence-electron chi connectivity index (χ2n) is 4.39. The molecule has 1 aromatic heterocycles. The van der Waals surface area contributed by atoms with Gasteiger partial charge in [0.05, 0.1) is 12.7 Å². The highest BCUT2D eigenvalue weighted by Gasteiger charge is 2.22. The molecule has 0 aliphatic rings. The SMILES string of the molecule is CCOC(=O)C(C#N)Cc1ncnn1CC(C)C. The van der Waals surface area contributed by atoms with Gasteiger partial charge in [-0.1, -0.05) is 13.8 Å². The van der Waals surface area contributed by atoms with Crippen LogP contribution in [0.15, 0.2) is 6.33 Å². The van der Waals surface area contributed by atoms with Crippen LogP contribution in [-0.2, 0) is 22.5 Å². The average molecular weight is 250 g/mol. The second kappa shape index (κ2) is 6.74. The van der Waals surface area contributed by atoms with Crippen molar-refractivity contribution in [1.29, 1.82) is 5.26 Å². The van der Waals surface area contributed by atoms with Crippen LogP contribution in [0.3, 0.4) is 0 Å². The van der Waals surface area contributed by atoms with Crippen LogP contribution in [0.4, 0.5) is 0 Å². The third kappa shape index (κ3) is 3.84. The standard InChI is InChI=1S/C12H18N4O2/c1-4-18-12(17)10(6-13)5-11-14-8-15-16(11)7-9(2)3/h8-10H,4-5,7H2,1-3H3. The number of nitriles is 1. The summed E-state index contributed by atoms with van der Waals surface area (Å²) >= 11 is 0. The molecule has 1 rings (SSSR count). The first kappa shape index (κ1) is 14.2. The Morgan fingerprint density at radius 1 is 1.61 bits per heavy atom. The molecule has 1 aromatic rings. The Hall–Kier alpha value is -1.90. The zero-order valence-corrected chi connectivity index (χ0v) is 11.0. The molecule has 0 radical (unpaired) electrons. The maximum absolute atomic E-state index is 11.5. The van der Waals surface area contributed by atoms with Crippen molar-refractivity contribution in [3.05, 3.63) is 12.2 Å². The maximum Gasteiger partial charge on any atom is 0.323 e. The zero-order valence-electron chi connectivity index (χ0n) is 11.0. The van der Waals surface area contributed by atoms with E-state index in [1.54, 1.807) is 11.6 Å². The molecule has 0 saturated carbocycles. The molecule has 1 atom stereocenters. The highest BCUT2D eigenvalue weighted by molar-refractivity contribution is 5.75. The van der Waals surface area contributed by atoms with Gasteiger partial charge in [0.1, 0.15) is 12.2 Å². The zero-order chi connectivity index (χ0) is 13.5. The minimum Gasteiger partial charge on any atom is -0.465 e. The summed E-state index contributed by atoms with van der Waals surface area (Å²) in [5, 5.41) is 13.1. The van der Waals surface area contributed by atoms with Crippen LogP contribution in [-0.4, -0.2) is 27.3 Å². The molecule has 0 aliphatic carbocycles. The van der Waals surface area contributed by atoms with Gasteiger partial charge in [-0.15, -0.1) is 0 Å². The number of aromatic nitrogens is 3. The minimum atomic E-state index is -0.819. The van der Waals surface area contributed by atoms with E-state index in [0.29, 0.717) is 11.7 Å². The van der Waals surface area contributed by atoms with E-state index >= 15 is 0 Å². The molecule has 0 spiro atoms. The van der Waals surface area contributed by atoms with Gasteiger partial charge >= 0.3 is 5.97 Å². The first-order valence-electron chi connectivity index (χ1n) is 6.01. The first-order chi connectivity index (χ1) is 8.58. The summed E-state index contributed by atoms with van der Waals surface area (Å²) in [6.45, 7) is 6.84. The molecule has 1 unspecified atom stereocenters. The normalized spacial score (nSPS) is 12.2. The molecule has 1 heterocycles. The fourth-order valence-electron chi connectivity index (χ4n) is 1.55. The predicted octanol–water partition coefficient (Wildman–Crippen LogP) is 1.18. The van der Waals surface area contributed by atoms with E-state index in [9.17, 15) is 4.79 Å². The van der Waals surface area contributed by atoms with E-state index in [0.717, 1.165) is 6.54 Å². The van der Waals surface area contributed by atoms with Crippen LogP contribution in [0, 0.1) is 23.2 Å². The predicted molar refractivity (Wildman–Crippen MR) is 64.3 cm³/mol. The molecule has 0 aliphatic heterocycles. The lowest BCUT2D eigenvalue weighted by atomic mass is 10.1. The van der Waals surface area contributed by atoms with Crippen LogP contribution in [0.5, 0.6) is 0 Å². The number of carbonyl (C=O) groups excluding carboxylic acids is 1. The van der Waals surface area contributed by atoms with Crippen LogP contribution >= 0.6 is 0 Å². The maximum atomic E-state index is 11.5. The number of hydrogen-bond donors (Lipinski definition) is 0. The van der Waals surface area contributed by atoms with Gasteiger partial charge in [0.15, 0.2) is 5.92 Å². The molecule has 0 N–H and O–H groups in total. The van der Waals surface area contributed by atoms with Crippen molar-refractivity contribution in [3.8, 4) is 6.07 Å². The van der Waals surface area contributed by atoms with Crippen molar-refractivity contribution in [1.82, 2.24) is 14.8 Å². The molecule has 0 saturated heterocycles. The van der Waals surface area contributed by atoms with Crippen molar-refractivity contribution in [2.75, 3.05) is 6.61 Å². The Kier molecular flexibility index (Phi) is 5.31. The largest absolute Gasteiger partial charge is 0.465 e. The highest BCUT2D eigenvalue weighted by Crippen LogP contribution is 2.09. The number of esters is 1. The molecule has 6 heteroatoms. The summed E-state index contributed by atoms with van der Waals surface area (Å²) in [6.07, 6.45) is 1.68. The van der Waals surface area contributed by atoms with Crippen LogP contribution in [0.1, 0.15) is 26.6 Å². The van der Waals surface area contributed by atoms with E-state index in [-0.39, 0.29) is 13.0 Å². The van der Waals surface area contributed by atoms with Crippen molar-refractivity contribution >= 4 is 5.97 Å². The number of ether oxygens (including phenoxy) is 1. The number of hydrogen-bond acceptors (Lipinski definition) is 5. The smallest absolute Gasteiger partial charge is 0.323 e. The summed E-state index contributed by atoms with van der Waals surface area (Å²) in [7, 11) is 0. The number of nitrogens with zero attached hydrogens (tertiary/aromatic N) is 4. The Bertz CT molecular complexity index is 434. The average Bonchev–Trinajstić information content (AvgIpc) is 2.72. The van der Waals surface area contributed by atoms with Crippen LogP contribution in [0.2, 0.25) is 0 Å². The fourth-order valence-corrected chi connectivity index (χ4v) is 1.55. The molecule has 0 aromatic carbocycles. The Labute approximate surface area is 107 Å². The van der Waals surface area contributed by atoms with E-state index in [2.05, 4.69) is 23.9 Å². The minimum absolute atomic E-state index is 0.238.